The van der Waals surface area contributed by atoms with Crippen LogP contribution < -0.4 is 4.90 Å². The van der Waals surface area contributed by atoms with E-state index in [4.69, 9.17) is 4.98 Å². The van der Waals surface area contributed by atoms with Gasteiger partial charge in [0, 0.05) is 31.6 Å². The van der Waals surface area contributed by atoms with Gasteiger partial charge in [0.25, 0.3) is 0 Å². The first-order chi connectivity index (χ1) is 12.4. The van der Waals surface area contributed by atoms with Crippen molar-refractivity contribution >= 4 is 22.9 Å². The molecule has 140 valence electrons. The van der Waals surface area contributed by atoms with Crippen molar-refractivity contribution in [2.45, 2.75) is 51.9 Å². The number of nitrogens with one attached hydrogen (secondary N) is 1. The number of amides is 1. The Hall–Kier alpha value is -2.11. The molecule has 2 saturated heterocycles. The van der Waals surface area contributed by atoms with E-state index >= 15 is 0 Å². The Morgan fingerprint density at radius 3 is 2.62 bits per heavy atom. The highest BCUT2D eigenvalue weighted by Crippen LogP contribution is 2.27. The van der Waals surface area contributed by atoms with Crippen LogP contribution in [0.15, 0.2) is 12.1 Å². The second-order valence-corrected chi connectivity index (χ2v) is 8.69. The summed E-state index contributed by atoms with van der Waals surface area (Å²) in [5.41, 5.74) is 1.71. The van der Waals surface area contributed by atoms with E-state index in [-0.39, 0.29) is 11.3 Å². The van der Waals surface area contributed by atoms with Crippen LogP contribution in [0.4, 0.5) is 5.82 Å². The summed E-state index contributed by atoms with van der Waals surface area (Å²) in [6.07, 6.45) is 4.33. The van der Waals surface area contributed by atoms with Crippen molar-refractivity contribution in [1.82, 2.24) is 19.9 Å². The van der Waals surface area contributed by atoms with Crippen LogP contribution in [0.25, 0.3) is 11.2 Å². The number of nitrogens with zero attached hydrogens (tertiary/aromatic N) is 4. The minimum absolute atomic E-state index is 0.0285. The van der Waals surface area contributed by atoms with Gasteiger partial charge in [-0.05, 0) is 37.8 Å². The molecule has 1 amide bonds. The Balaban J connectivity index is 1.53. The van der Waals surface area contributed by atoms with Crippen molar-refractivity contribution in [2.75, 3.05) is 31.1 Å². The summed E-state index contributed by atoms with van der Waals surface area (Å²) in [4.78, 5) is 29.9. The molecule has 0 spiro atoms. The van der Waals surface area contributed by atoms with Crippen LogP contribution >= 0.6 is 0 Å². The van der Waals surface area contributed by atoms with E-state index in [1.165, 1.54) is 0 Å². The van der Waals surface area contributed by atoms with Gasteiger partial charge in [-0.1, -0.05) is 20.8 Å². The predicted molar refractivity (Wildman–Crippen MR) is 103 cm³/mol. The molecule has 0 saturated carbocycles. The molecule has 4 heterocycles. The lowest BCUT2D eigenvalue weighted by Gasteiger charge is -2.34. The predicted octanol–water partition coefficient (Wildman–Crippen LogP) is 3.09. The third-order valence-electron chi connectivity index (χ3n) is 5.55. The molecule has 2 aromatic rings. The van der Waals surface area contributed by atoms with Crippen molar-refractivity contribution in [3.63, 3.8) is 0 Å². The number of rotatable bonds is 2. The van der Waals surface area contributed by atoms with Crippen molar-refractivity contribution in [3.8, 4) is 0 Å². The maximum atomic E-state index is 12.8. The first kappa shape index (κ1) is 17.3. The highest BCUT2D eigenvalue weighted by molar-refractivity contribution is 5.80. The Morgan fingerprint density at radius 1 is 1.12 bits per heavy atom. The quantitative estimate of drug-likeness (QED) is 0.899. The molecular formula is C20H29N5O. The van der Waals surface area contributed by atoms with Crippen molar-refractivity contribution in [1.29, 1.82) is 0 Å². The summed E-state index contributed by atoms with van der Waals surface area (Å²) >= 11 is 0. The van der Waals surface area contributed by atoms with Gasteiger partial charge in [0.2, 0.25) is 5.91 Å². The topological polar surface area (TPSA) is 65.1 Å². The van der Waals surface area contributed by atoms with Gasteiger partial charge in [-0.2, -0.15) is 0 Å². The zero-order valence-corrected chi connectivity index (χ0v) is 16.1. The smallest absolute Gasteiger partial charge is 0.227 e. The molecule has 0 aliphatic carbocycles. The monoisotopic (exact) mass is 355 g/mol. The molecule has 4 rings (SSSR count). The van der Waals surface area contributed by atoms with Crippen molar-refractivity contribution in [2.24, 2.45) is 5.92 Å². The molecule has 6 heteroatoms. The van der Waals surface area contributed by atoms with Gasteiger partial charge in [-0.25, -0.2) is 9.97 Å². The van der Waals surface area contributed by atoms with E-state index < -0.39 is 0 Å². The number of aromatic amines is 1. The summed E-state index contributed by atoms with van der Waals surface area (Å²) in [5, 5.41) is 0. The van der Waals surface area contributed by atoms with Crippen molar-refractivity contribution in [3.05, 3.63) is 18.0 Å². The molecule has 0 radical (unpaired) electrons. The molecule has 1 unspecified atom stereocenters. The number of piperidine rings is 1. The Labute approximate surface area is 155 Å². The summed E-state index contributed by atoms with van der Waals surface area (Å²) in [5.74, 6) is 2.33. The first-order valence-corrected chi connectivity index (χ1v) is 9.83. The fourth-order valence-corrected chi connectivity index (χ4v) is 4.00. The second kappa shape index (κ2) is 6.56. The van der Waals surface area contributed by atoms with Crippen molar-refractivity contribution < 1.29 is 4.79 Å². The number of imidazole rings is 1. The Kier molecular flexibility index (Phi) is 4.37. The van der Waals surface area contributed by atoms with Crippen LogP contribution in [0.3, 0.4) is 0 Å². The average Bonchev–Trinajstić information content (AvgIpc) is 3.29. The maximum Gasteiger partial charge on any atom is 0.227 e. The van der Waals surface area contributed by atoms with E-state index in [1.807, 2.05) is 4.90 Å². The van der Waals surface area contributed by atoms with Gasteiger partial charge in [0.15, 0.2) is 5.65 Å². The van der Waals surface area contributed by atoms with Crippen LogP contribution in [0.5, 0.6) is 0 Å². The van der Waals surface area contributed by atoms with E-state index in [2.05, 4.69) is 47.8 Å². The van der Waals surface area contributed by atoms with Gasteiger partial charge in [0.1, 0.15) is 11.6 Å². The first-order valence-electron chi connectivity index (χ1n) is 9.83. The second-order valence-electron chi connectivity index (χ2n) is 8.69. The van der Waals surface area contributed by atoms with Crippen LogP contribution in [-0.2, 0) is 10.2 Å². The Bertz CT molecular complexity index is 800. The molecule has 2 fully saturated rings. The molecular weight excluding hydrogens is 326 g/mol. The SMILES string of the molecule is CC(C)(C)c1nc2nc(N3CCCC(C(=O)N4CCCC4)C3)ccc2[nH]1. The number of carbonyl (C=O) groups is 1. The molecule has 1 atom stereocenters. The largest absolute Gasteiger partial charge is 0.356 e. The van der Waals surface area contributed by atoms with Crippen LogP contribution in [0.1, 0.15) is 52.3 Å². The lowest BCUT2D eigenvalue weighted by Crippen LogP contribution is -2.44. The van der Waals surface area contributed by atoms with E-state index in [0.717, 1.165) is 74.7 Å². The van der Waals surface area contributed by atoms with Crippen LogP contribution in [-0.4, -0.2) is 51.9 Å². The summed E-state index contributed by atoms with van der Waals surface area (Å²) in [7, 11) is 0. The number of pyridine rings is 1. The minimum Gasteiger partial charge on any atom is -0.356 e. The van der Waals surface area contributed by atoms with Gasteiger partial charge < -0.3 is 14.8 Å². The standard InChI is InChI=1S/C20H29N5O/c1-20(2,3)19-21-15-8-9-16(22-17(15)23-19)25-12-6-7-14(13-25)18(26)24-10-4-5-11-24/h8-9,14H,4-7,10-13H2,1-3H3,(H,21,22,23). The van der Waals surface area contributed by atoms with Crippen LogP contribution in [0, 0.1) is 5.92 Å². The number of aromatic nitrogens is 3. The fraction of sp³-hybridized carbons (Fsp3) is 0.650. The number of fused-ring (bicyclic) bond motifs is 1. The van der Waals surface area contributed by atoms with E-state index in [9.17, 15) is 4.79 Å². The molecule has 26 heavy (non-hydrogen) atoms. The summed E-state index contributed by atoms with van der Waals surface area (Å²) < 4.78 is 0. The average molecular weight is 355 g/mol. The lowest BCUT2D eigenvalue weighted by atomic mass is 9.96. The zero-order valence-electron chi connectivity index (χ0n) is 16.1. The molecule has 2 aliphatic heterocycles. The highest BCUT2D eigenvalue weighted by atomic mass is 16.2. The number of hydrogen-bond acceptors (Lipinski definition) is 4. The molecule has 6 nitrogen and oxygen atoms in total. The lowest BCUT2D eigenvalue weighted by molar-refractivity contribution is -0.134. The highest BCUT2D eigenvalue weighted by Gasteiger charge is 2.31. The number of likely N-dealkylation sites (tertiary alicyclic amines) is 1. The molecule has 2 aliphatic rings. The molecule has 0 bridgehead atoms. The number of carbonyl (C=O) groups excluding carboxylic acids is 1. The normalized spacial score (nSPS) is 21.6. The van der Waals surface area contributed by atoms with Gasteiger partial charge in [-0.3, -0.25) is 4.79 Å². The maximum absolute atomic E-state index is 12.8. The third kappa shape index (κ3) is 3.29. The minimum atomic E-state index is -0.0285. The van der Waals surface area contributed by atoms with Gasteiger partial charge in [-0.15, -0.1) is 0 Å². The van der Waals surface area contributed by atoms with E-state index in [1.54, 1.807) is 0 Å². The van der Waals surface area contributed by atoms with Gasteiger partial charge in [0.05, 0.1) is 11.4 Å². The van der Waals surface area contributed by atoms with Gasteiger partial charge >= 0.3 is 0 Å². The summed E-state index contributed by atoms with van der Waals surface area (Å²) in [6, 6.07) is 4.11. The van der Waals surface area contributed by atoms with Crippen LogP contribution in [0.2, 0.25) is 0 Å². The number of hydrogen-bond donors (Lipinski definition) is 1. The third-order valence-corrected chi connectivity index (χ3v) is 5.55. The zero-order chi connectivity index (χ0) is 18.3. The molecule has 0 aromatic carbocycles. The fourth-order valence-electron chi connectivity index (χ4n) is 4.00. The Morgan fingerprint density at radius 2 is 1.88 bits per heavy atom. The van der Waals surface area contributed by atoms with E-state index in [0.29, 0.717) is 5.91 Å². The number of H-pyrrole nitrogens is 1. The summed E-state index contributed by atoms with van der Waals surface area (Å²) in [6.45, 7) is 10.0. The number of anilines is 1. The molecule has 2 aromatic heterocycles. The molecule has 1 N–H and O–H groups in total.